The Morgan fingerprint density at radius 3 is 2.84 bits per heavy atom. The molecular formula is C13H13N3O2S. The van der Waals surface area contributed by atoms with E-state index in [9.17, 15) is 4.79 Å². The van der Waals surface area contributed by atoms with Gasteiger partial charge in [-0.25, -0.2) is 19.7 Å². The number of aryl methyl sites for hydroxylation is 2. The first kappa shape index (κ1) is 13.5. The van der Waals surface area contributed by atoms with Crippen LogP contribution in [-0.4, -0.2) is 26.0 Å². The molecule has 2 heterocycles. The summed E-state index contributed by atoms with van der Waals surface area (Å²) in [6, 6.07) is 3.97. The lowest BCUT2D eigenvalue weighted by Gasteiger charge is -2.05. The van der Waals surface area contributed by atoms with Crippen molar-refractivity contribution >= 4 is 17.7 Å². The molecule has 0 unspecified atom stereocenters. The van der Waals surface area contributed by atoms with Crippen LogP contribution in [0.1, 0.15) is 27.3 Å². The molecule has 0 aliphatic carbocycles. The van der Waals surface area contributed by atoms with Crippen LogP contribution in [0.5, 0.6) is 0 Å². The summed E-state index contributed by atoms with van der Waals surface area (Å²) in [5.74, 6) is -0.551. The molecule has 0 amide bonds. The van der Waals surface area contributed by atoms with E-state index in [1.54, 1.807) is 0 Å². The van der Waals surface area contributed by atoms with Gasteiger partial charge in [0.05, 0.1) is 10.7 Å². The van der Waals surface area contributed by atoms with Gasteiger partial charge in [-0.15, -0.1) is 0 Å². The summed E-state index contributed by atoms with van der Waals surface area (Å²) >= 11 is 1.47. The Morgan fingerprint density at radius 2 is 2.16 bits per heavy atom. The van der Waals surface area contributed by atoms with Gasteiger partial charge in [-0.1, -0.05) is 11.8 Å². The molecule has 0 aliphatic rings. The van der Waals surface area contributed by atoms with Crippen LogP contribution in [-0.2, 0) is 5.75 Å². The van der Waals surface area contributed by atoms with E-state index < -0.39 is 5.97 Å². The molecule has 5 nitrogen and oxygen atoms in total. The summed E-state index contributed by atoms with van der Waals surface area (Å²) in [4.78, 5) is 23.2. The van der Waals surface area contributed by atoms with Gasteiger partial charge in [0.25, 0.3) is 0 Å². The third-order valence-electron chi connectivity index (χ3n) is 2.46. The molecule has 0 atom stereocenters. The number of aromatic carboxylic acids is 1. The molecule has 2 aromatic heterocycles. The maximum atomic E-state index is 11.0. The number of carbonyl (C=O) groups is 1. The van der Waals surface area contributed by atoms with Crippen LogP contribution in [0.3, 0.4) is 0 Å². The van der Waals surface area contributed by atoms with Gasteiger partial charge in [0.2, 0.25) is 0 Å². The molecule has 0 aliphatic heterocycles. The van der Waals surface area contributed by atoms with Gasteiger partial charge in [-0.3, -0.25) is 0 Å². The molecule has 2 aromatic rings. The normalized spacial score (nSPS) is 10.4. The van der Waals surface area contributed by atoms with Crippen LogP contribution in [0.15, 0.2) is 29.7 Å². The molecule has 0 saturated carbocycles. The fourth-order valence-corrected chi connectivity index (χ4v) is 2.66. The van der Waals surface area contributed by atoms with Gasteiger partial charge in [-0.05, 0) is 31.5 Å². The highest BCUT2D eigenvalue weighted by atomic mass is 32.2. The third kappa shape index (κ3) is 3.51. The first-order valence-corrected chi connectivity index (χ1v) is 6.65. The zero-order chi connectivity index (χ0) is 13.8. The minimum Gasteiger partial charge on any atom is -0.478 e. The summed E-state index contributed by atoms with van der Waals surface area (Å²) in [5, 5.41) is 9.91. The van der Waals surface area contributed by atoms with Crippen molar-refractivity contribution < 1.29 is 9.90 Å². The summed E-state index contributed by atoms with van der Waals surface area (Å²) in [6.45, 7) is 3.94. The number of hydrogen-bond donors (Lipinski definition) is 1. The van der Waals surface area contributed by atoms with Gasteiger partial charge in [0.15, 0.2) is 0 Å². The lowest BCUT2D eigenvalue weighted by molar-refractivity contribution is 0.0695. The summed E-state index contributed by atoms with van der Waals surface area (Å²) in [6.07, 6.45) is 2.68. The second-order valence-corrected chi connectivity index (χ2v) is 5.10. The number of rotatable bonds is 4. The highest BCUT2D eigenvalue weighted by molar-refractivity contribution is 7.98. The van der Waals surface area contributed by atoms with E-state index in [-0.39, 0.29) is 5.56 Å². The number of aromatic nitrogens is 3. The predicted octanol–water partition coefficient (Wildman–Crippen LogP) is 2.48. The van der Waals surface area contributed by atoms with Crippen molar-refractivity contribution in [3.8, 4) is 0 Å². The van der Waals surface area contributed by atoms with E-state index in [1.807, 2.05) is 26.0 Å². The standard InChI is InChI=1S/C13H13N3O2S/c1-8-3-9(2)16-12(4-8)19-6-11-10(13(17)18)5-14-7-15-11/h3-5,7H,6H2,1-2H3,(H,17,18). The Morgan fingerprint density at radius 1 is 1.37 bits per heavy atom. The van der Waals surface area contributed by atoms with Crippen molar-refractivity contribution in [1.29, 1.82) is 0 Å². The zero-order valence-electron chi connectivity index (χ0n) is 10.6. The molecule has 1 N–H and O–H groups in total. The second kappa shape index (κ2) is 5.79. The molecule has 0 bridgehead atoms. The Labute approximate surface area is 115 Å². The fraction of sp³-hybridized carbons (Fsp3) is 0.231. The molecule has 0 spiro atoms. The van der Waals surface area contributed by atoms with Gasteiger partial charge in [0, 0.05) is 17.6 Å². The van der Waals surface area contributed by atoms with Crippen molar-refractivity contribution in [2.75, 3.05) is 0 Å². The Hall–Kier alpha value is -1.95. The van der Waals surface area contributed by atoms with Gasteiger partial charge in [0.1, 0.15) is 11.9 Å². The molecule has 19 heavy (non-hydrogen) atoms. The molecule has 0 saturated heterocycles. The molecule has 0 aromatic carbocycles. The topological polar surface area (TPSA) is 76.0 Å². The van der Waals surface area contributed by atoms with Crippen molar-refractivity contribution in [3.63, 3.8) is 0 Å². The van der Waals surface area contributed by atoms with Crippen molar-refractivity contribution in [2.45, 2.75) is 24.6 Å². The first-order chi connectivity index (χ1) is 9.06. The molecule has 2 rings (SSSR count). The highest BCUT2D eigenvalue weighted by Crippen LogP contribution is 2.22. The van der Waals surface area contributed by atoms with Crippen LogP contribution in [0.4, 0.5) is 0 Å². The zero-order valence-corrected chi connectivity index (χ0v) is 11.4. The second-order valence-electron chi connectivity index (χ2n) is 4.10. The van der Waals surface area contributed by atoms with Crippen LogP contribution >= 0.6 is 11.8 Å². The average molecular weight is 275 g/mol. The monoisotopic (exact) mass is 275 g/mol. The van der Waals surface area contributed by atoms with Crippen molar-refractivity contribution in [2.24, 2.45) is 0 Å². The van der Waals surface area contributed by atoms with Crippen molar-refractivity contribution in [1.82, 2.24) is 15.0 Å². The Kier molecular flexibility index (Phi) is 4.11. The molecule has 0 fully saturated rings. The molecule has 6 heteroatoms. The number of carboxylic acids is 1. The number of nitrogens with zero attached hydrogens (tertiary/aromatic N) is 3. The summed E-state index contributed by atoms with van der Waals surface area (Å²) in [7, 11) is 0. The number of thioether (sulfide) groups is 1. The van der Waals surface area contributed by atoms with E-state index >= 15 is 0 Å². The summed E-state index contributed by atoms with van der Waals surface area (Å²) in [5.41, 5.74) is 2.73. The van der Waals surface area contributed by atoms with E-state index in [0.29, 0.717) is 11.4 Å². The molecule has 98 valence electrons. The molecule has 0 radical (unpaired) electrons. The van der Waals surface area contributed by atoms with Crippen LogP contribution in [0, 0.1) is 13.8 Å². The number of hydrogen-bond acceptors (Lipinski definition) is 5. The third-order valence-corrected chi connectivity index (χ3v) is 3.38. The van der Waals surface area contributed by atoms with E-state index in [2.05, 4.69) is 15.0 Å². The van der Waals surface area contributed by atoms with E-state index in [1.165, 1.54) is 24.3 Å². The lowest BCUT2D eigenvalue weighted by atomic mass is 10.2. The van der Waals surface area contributed by atoms with Crippen LogP contribution in [0.2, 0.25) is 0 Å². The SMILES string of the molecule is Cc1cc(C)nc(SCc2ncncc2C(=O)O)c1. The highest BCUT2D eigenvalue weighted by Gasteiger charge is 2.12. The quantitative estimate of drug-likeness (QED) is 0.864. The predicted molar refractivity (Wildman–Crippen MR) is 72.3 cm³/mol. The van der Waals surface area contributed by atoms with E-state index in [0.717, 1.165) is 16.3 Å². The summed E-state index contributed by atoms with van der Waals surface area (Å²) < 4.78 is 0. The van der Waals surface area contributed by atoms with Crippen LogP contribution < -0.4 is 0 Å². The number of carboxylic acid groups (broad SMARTS) is 1. The van der Waals surface area contributed by atoms with Gasteiger partial charge < -0.3 is 5.11 Å². The maximum Gasteiger partial charge on any atom is 0.339 e. The number of pyridine rings is 1. The average Bonchev–Trinajstić information content (AvgIpc) is 2.35. The molecular weight excluding hydrogens is 262 g/mol. The van der Waals surface area contributed by atoms with Crippen LogP contribution in [0.25, 0.3) is 0 Å². The Bertz CT molecular complexity index is 596. The lowest BCUT2D eigenvalue weighted by Crippen LogP contribution is -2.04. The smallest absolute Gasteiger partial charge is 0.339 e. The van der Waals surface area contributed by atoms with Crippen molar-refractivity contribution in [3.05, 3.63) is 47.2 Å². The van der Waals surface area contributed by atoms with Gasteiger partial charge >= 0.3 is 5.97 Å². The van der Waals surface area contributed by atoms with Gasteiger partial charge in [-0.2, -0.15) is 0 Å². The largest absolute Gasteiger partial charge is 0.478 e. The maximum absolute atomic E-state index is 11.0. The minimum atomic E-state index is -1.01. The fourth-order valence-electron chi connectivity index (χ4n) is 1.67. The Balaban J connectivity index is 2.16. The van der Waals surface area contributed by atoms with E-state index in [4.69, 9.17) is 5.11 Å². The minimum absolute atomic E-state index is 0.138. The first-order valence-electron chi connectivity index (χ1n) is 5.66.